The van der Waals surface area contributed by atoms with Crippen LogP contribution in [0.3, 0.4) is 0 Å². The summed E-state index contributed by atoms with van der Waals surface area (Å²) in [6.07, 6.45) is 0. The van der Waals surface area contributed by atoms with Crippen LogP contribution in [-0.4, -0.2) is 23.8 Å². The van der Waals surface area contributed by atoms with Gasteiger partial charge in [0, 0.05) is 18.8 Å². The molecule has 0 atom stereocenters. The topological polar surface area (TPSA) is 49.4 Å². The maximum absolute atomic E-state index is 13.3. The number of imide groups is 1. The first kappa shape index (κ1) is 15.8. The van der Waals surface area contributed by atoms with Crippen molar-refractivity contribution >= 4 is 23.1 Å². The van der Waals surface area contributed by atoms with E-state index in [1.54, 1.807) is 0 Å². The van der Waals surface area contributed by atoms with Crippen molar-refractivity contribution in [2.24, 2.45) is 0 Å². The van der Waals surface area contributed by atoms with Gasteiger partial charge < -0.3 is 5.32 Å². The molecule has 24 heavy (non-hydrogen) atoms. The second-order valence-corrected chi connectivity index (χ2v) is 5.18. The van der Waals surface area contributed by atoms with Gasteiger partial charge in [-0.2, -0.15) is 0 Å². The Balaban J connectivity index is 2.08. The van der Waals surface area contributed by atoms with Crippen molar-refractivity contribution in [1.82, 2.24) is 4.90 Å². The fraction of sp³-hybridized carbons (Fsp3) is 0.0588. The first-order valence-corrected chi connectivity index (χ1v) is 6.93. The zero-order valence-electron chi connectivity index (χ0n) is 12.4. The summed E-state index contributed by atoms with van der Waals surface area (Å²) in [6, 6.07) is 8.07. The van der Waals surface area contributed by atoms with Gasteiger partial charge in [-0.1, -0.05) is 12.1 Å². The fourth-order valence-corrected chi connectivity index (χ4v) is 2.36. The number of hydrogen-bond acceptors (Lipinski definition) is 3. The lowest BCUT2D eigenvalue weighted by Crippen LogP contribution is -2.27. The van der Waals surface area contributed by atoms with Gasteiger partial charge in [0.25, 0.3) is 11.8 Å². The number of carbonyl (C=O) groups excluding carboxylic acids is 2. The predicted octanol–water partition coefficient (Wildman–Crippen LogP) is 2.93. The summed E-state index contributed by atoms with van der Waals surface area (Å²) in [7, 11) is 1.30. The number of halogens is 3. The molecule has 4 nitrogen and oxygen atoms in total. The van der Waals surface area contributed by atoms with E-state index in [2.05, 4.69) is 5.32 Å². The lowest BCUT2D eigenvalue weighted by molar-refractivity contribution is -0.135. The Morgan fingerprint density at radius 3 is 2.17 bits per heavy atom. The highest BCUT2D eigenvalue weighted by atomic mass is 19.2. The Morgan fingerprint density at radius 1 is 0.875 bits per heavy atom. The van der Waals surface area contributed by atoms with E-state index in [-0.39, 0.29) is 17.0 Å². The molecule has 0 fully saturated rings. The standard InChI is InChI=1S/C17H11F3N2O2/c1-22-16(23)14(9-2-4-10(18)5-3-9)15(17(22)24)21-11-6-7-12(19)13(20)8-11/h2-8,21H,1H3. The molecule has 0 radical (unpaired) electrons. The van der Waals surface area contributed by atoms with Crippen molar-refractivity contribution in [2.75, 3.05) is 12.4 Å². The third-order valence-electron chi connectivity index (χ3n) is 3.61. The van der Waals surface area contributed by atoms with Crippen LogP contribution in [0.4, 0.5) is 18.9 Å². The second kappa shape index (κ2) is 5.84. The Kier molecular flexibility index (Phi) is 3.84. The molecule has 2 aromatic rings. The molecule has 1 aliphatic rings. The highest BCUT2D eigenvalue weighted by Crippen LogP contribution is 2.30. The number of nitrogens with one attached hydrogen (secondary N) is 1. The van der Waals surface area contributed by atoms with Gasteiger partial charge in [-0.15, -0.1) is 0 Å². The smallest absolute Gasteiger partial charge is 0.277 e. The molecule has 0 spiro atoms. The molecule has 7 heteroatoms. The molecular formula is C17H11F3N2O2. The van der Waals surface area contributed by atoms with Crippen LogP contribution >= 0.6 is 0 Å². The van der Waals surface area contributed by atoms with Crippen LogP contribution in [-0.2, 0) is 9.59 Å². The van der Waals surface area contributed by atoms with Crippen molar-refractivity contribution < 1.29 is 22.8 Å². The Labute approximate surface area is 135 Å². The maximum atomic E-state index is 13.3. The van der Waals surface area contributed by atoms with Gasteiger partial charge in [0.15, 0.2) is 11.6 Å². The number of hydrogen-bond donors (Lipinski definition) is 1. The van der Waals surface area contributed by atoms with E-state index in [1.807, 2.05) is 0 Å². The van der Waals surface area contributed by atoms with E-state index >= 15 is 0 Å². The summed E-state index contributed by atoms with van der Waals surface area (Å²) in [5.74, 6) is -3.80. The van der Waals surface area contributed by atoms with Crippen LogP contribution in [0.2, 0.25) is 0 Å². The van der Waals surface area contributed by atoms with E-state index in [1.165, 1.54) is 25.2 Å². The summed E-state index contributed by atoms with van der Waals surface area (Å²) < 4.78 is 39.4. The number of anilines is 1. The minimum Gasteiger partial charge on any atom is -0.350 e. The SMILES string of the molecule is CN1C(=O)C(Nc2ccc(F)c(F)c2)=C(c2ccc(F)cc2)C1=O. The van der Waals surface area contributed by atoms with E-state index in [4.69, 9.17) is 0 Å². The number of rotatable bonds is 3. The van der Waals surface area contributed by atoms with Gasteiger partial charge in [-0.05, 0) is 29.8 Å². The van der Waals surface area contributed by atoms with E-state index in [9.17, 15) is 22.8 Å². The monoisotopic (exact) mass is 332 g/mol. The minimum atomic E-state index is -1.09. The molecule has 0 unspecified atom stereocenters. The third kappa shape index (κ3) is 2.64. The molecule has 1 aliphatic heterocycles. The summed E-state index contributed by atoms with van der Waals surface area (Å²) in [5.41, 5.74) is 0.400. The molecule has 0 bridgehead atoms. The second-order valence-electron chi connectivity index (χ2n) is 5.18. The fourth-order valence-electron chi connectivity index (χ4n) is 2.36. The number of carbonyl (C=O) groups is 2. The number of nitrogens with zero attached hydrogens (tertiary/aromatic N) is 1. The number of benzene rings is 2. The van der Waals surface area contributed by atoms with Gasteiger partial charge in [0.2, 0.25) is 0 Å². The average Bonchev–Trinajstić information content (AvgIpc) is 2.76. The highest BCUT2D eigenvalue weighted by Gasteiger charge is 2.36. The van der Waals surface area contributed by atoms with Crippen molar-refractivity contribution in [3.05, 3.63) is 71.2 Å². The van der Waals surface area contributed by atoms with Crippen LogP contribution in [0.25, 0.3) is 5.57 Å². The Morgan fingerprint density at radius 2 is 1.54 bits per heavy atom. The van der Waals surface area contributed by atoms with E-state index < -0.39 is 29.3 Å². The first-order valence-electron chi connectivity index (χ1n) is 6.93. The number of amides is 2. The zero-order valence-corrected chi connectivity index (χ0v) is 12.4. The van der Waals surface area contributed by atoms with Crippen LogP contribution in [0.1, 0.15) is 5.56 Å². The molecule has 122 valence electrons. The molecule has 0 aromatic heterocycles. The summed E-state index contributed by atoms with van der Waals surface area (Å²) in [4.78, 5) is 25.5. The van der Waals surface area contributed by atoms with Crippen LogP contribution in [0, 0.1) is 17.5 Å². The van der Waals surface area contributed by atoms with Gasteiger partial charge in [0.1, 0.15) is 11.5 Å². The Bertz CT molecular complexity index is 876. The van der Waals surface area contributed by atoms with E-state index in [0.717, 1.165) is 29.2 Å². The maximum Gasteiger partial charge on any atom is 0.277 e. The van der Waals surface area contributed by atoms with Crippen molar-refractivity contribution in [3.63, 3.8) is 0 Å². The summed E-state index contributed by atoms with van der Waals surface area (Å²) in [6.45, 7) is 0. The predicted molar refractivity (Wildman–Crippen MR) is 81.1 cm³/mol. The Hall–Kier alpha value is -3.09. The van der Waals surface area contributed by atoms with Crippen molar-refractivity contribution in [3.8, 4) is 0 Å². The lowest BCUT2D eigenvalue weighted by Gasteiger charge is -2.09. The van der Waals surface area contributed by atoms with Gasteiger partial charge in [-0.3, -0.25) is 14.5 Å². The largest absolute Gasteiger partial charge is 0.350 e. The molecule has 1 N–H and O–H groups in total. The molecule has 2 aromatic carbocycles. The highest BCUT2D eigenvalue weighted by molar-refractivity contribution is 6.36. The third-order valence-corrected chi connectivity index (χ3v) is 3.61. The summed E-state index contributed by atoms with van der Waals surface area (Å²) >= 11 is 0. The van der Waals surface area contributed by atoms with Gasteiger partial charge in [-0.25, -0.2) is 13.2 Å². The minimum absolute atomic E-state index is 0.0345. The molecule has 1 heterocycles. The quantitative estimate of drug-likeness (QED) is 0.879. The number of likely N-dealkylation sites (N-methyl/N-ethyl adjacent to an activating group) is 1. The van der Waals surface area contributed by atoms with E-state index in [0.29, 0.717) is 5.56 Å². The van der Waals surface area contributed by atoms with Crippen molar-refractivity contribution in [1.29, 1.82) is 0 Å². The molecule has 0 saturated heterocycles. The van der Waals surface area contributed by atoms with Crippen LogP contribution < -0.4 is 5.32 Å². The normalized spacial score (nSPS) is 14.6. The summed E-state index contributed by atoms with van der Waals surface area (Å²) in [5, 5.41) is 2.65. The average molecular weight is 332 g/mol. The van der Waals surface area contributed by atoms with Gasteiger partial charge in [0.05, 0.1) is 5.57 Å². The lowest BCUT2D eigenvalue weighted by atomic mass is 10.0. The molecule has 3 rings (SSSR count). The molecule has 2 amide bonds. The molecule has 0 saturated carbocycles. The van der Waals surface area contributed by atoms with Crippen molar-refractivity contribution in [2.45, 2.75) is 0 Å². The zero-order chi connectivity index (χ0) is 17.4. The van der Waals surface area contributed by atoms with Crippen LogP contribution in [0.5, 0.6) is 0 Å². The molecule has 0 aliphatic carbocycles. The van der Waals surface area contributed by atoms with Crippen LogP contribution in [0.15, 0.2) is 48.2 Å². The van der Waals surface area contributed by atoms with Gasteiger partial charge >= 0.3 is 0 Å². The first-order chi connectivity index (χ1) is 11.4. The molecular weight excluding hydrogens is 321 g/mol.